The third-order valence-electron chi connectivity index (χ3n) is 3.45. The van der Waals surface area contributed by atoms with Crippen LogP contribution in [0.3, 0.4) is 0 Å². The van der Waals surface area contributed by atoms with Crippen LogP contribution in [0, 0.1) is 0 Å². The van der Waals surface area contributed by atoms with Gasteiger partial charge in [0.05, 0.1) is 0 Å². The lowest BCUT2D eigenvalue weighted by Gasteiger charge is -2.14. The van der Waals surface area contributed by atoms with Gasteiger partial charge in [0.1, 0.15) is 0 Å². The average Bonchev–Trinajstić information content (AvgIpc) is 2.99. The van der Waals surface area contributed by atoms with E-state index in [-0.39, 0.29) is 6.03 Å². The molecule has 22 heavy (non-hydrogen) atoms. The van der Waals surface area contributed by atoms with Gasteiger partial charge in [0.25, 0.3) is 0 Å². The van der Waals surface area contributed by atoms with Gasteiger partial charge in [-0.3, -0.25) is 0 Å². The average molecular weight is 297 g/mol. The normalized spacial score (nSPS) is 13.6. The molecule has 1 aromatic carbocycles. The monoisotopic (exact) mass is 297 g/mol. The number of carbonyl (C=O) groups excluding carboxylic acids is 1. The fourth-order valence-electron chi connectivity index (χ4n) is 2.36. The molecular formula is C18H23N3O. The van der Waals surface area contributed by atoms with E-state index < -0.39 is 0 Å². The van der Waals surface area contributed by atoms with Gasteiger partial charge in [-0.05, 0) is 48.9 Å². The van der Waals surface area contributed by atoms with Crippen molar-refractivity contribution >= 4 is 22.6 Å². The lowest BCUT2D eigenvalue weighted by atomic mass is 10.1. The number of allylic oxidation sites excluding steroid dienone is 3. The molecule has 0 aliphatic heterocycles. The Morgan fingerprint density at radius 2 is 1.86 bits per heavy atom. The summed E-state index contributed by atoms with van der Waals surface area (Å²) >= 11 is 0. The molecule has 1 heterocycles. The van der Waals surface area contributed by atoms with Crippen LogP contribution < -0.4 is 10.6 Å². The third-order valence-corrected chi connectivity index (χ3v) is 3.45. The molecule has 116 valence electrons. The van der Waals surface area contributed by atoms with Gasteiger partial charge in [-0.15, -0.1) is 0 Å². The molecule has 1 aliphatic rings. The Morgan fingerprint density at radius 3 is 2.64 bits per heavy atom. The van der Waals surface area contributed by atoms with E-state index in [4.69, 9.17) is 0 Å². The maximum absolute atomic E-state index is 12.0. The Hall–Kier alpha value is -2.49. The number of fused-ring (bicyclic) bond motifs is 1. The predicted molar refractivity (Wildman–Crippen MR) is 92.9 cm³/mol. The van der Waals surface area contributed by atoms with Gasteiger partial charge in [0, 0.05) is 23.1 Å². The van der Waals surface area contributed by atoms with Gasteiger partial charge in [-0.1, -0.05) is 32.1 Å². The standard InChI is InChI=1S/C16H17N3O.C2H6/c1-11-4-2-3-5-14(11)19-16(20)18-13-7-6-12-8-9-17-15(12)10-13;1-2/h4-10,17H,2-3H2,1H3,(H2,18,19,20);1-2H3. The van der Waals surface area contributed by atoms with Gasteiger partial charge < -0.3 is 15.6 Å². The van der Waals surface area contributed by atoms with E-state index in [9.17, 15) is 4.79 Å². The zero-order valence-electron chi connectivity index (χ0n) is 13.4. The number of hydrogen-bond donors (Lipinski definition) is 3. The minimum absolute atomic E-state index is 0.211. The van der Waals surface area contributed by atoms with Crippen LogP contribution in [0.2, 0.25) is 0 Å². The molecular weight excluding hydrogens is 274 g/mol. The van der Waals surface area contributed by atoms with Crippen LogP contribution in [0.4, 0.5) is 10.5 Å². The highest BCUT2D eigenvalue weighted by Crippen LogP contribution is 2.18. The van der Waals surface area contributed by atoms with E-state index in [1.54, 1.807) is 0 Å². The van der Waals surface area contributed by atoms with Crippen molar-refractivity contribution in [2.24, 2.45) is 0 Å². The second kappa shape index (κ2) is 7.50. The fraction of sp³-hybridized carbons (Fsp3) is 0.278. The quantitative estimate of drug-likeness (QED) is 0.722. The van der Waals surface area contributed by atoms with Crippen molar-refractivity contribution in [3.63, 3.8) is 0 Å². The molecule has 1 aliphatic carbocycles. The van der Waals surface area contributed by atoms with E-state index in [1.165, 1.54) is 0 Å². The van der Waals surface area contributed by atoms with Crippen LogP contribution in [-0.4, -0.2) is 11.0 Å². The Kier molecular flexibility index (Phi) is 5.42. The fourth-order valence-corrected chi connectivity index (χ4v) is 2.36. The number of benzene rings is 1. The number of hydrogen-bond acceptors (Lipinski definition) is 1. The number of amides is 2. The lowest BCUT2D eigenvalue weighted by molar-refractivity contribution is 0.254. The first kappa shape index (κ1) is 15.9. The van der Waals surface area contributed by atoms with E-state index in [0.29, 0.717) is 0 Å². The molecule has 0 atom stereocenters. The first-order valence-corrected chi connectivity index (χ1v) is 7.75. The number of carbonyl (C=O) groups is 1. The van der Waals surface area contributed by atoms with Gasteiger partial charge >= 0.3 is 6.03 Å². The summed E-state index contributed by atoms with van der Waals surface area (Å²) in [6, 6.07) is 7.59. The summed E-state index contributed by atoms with van der Waals surface area (Å²) in [6.45, 7) is 6.01. The van der Waals surface area contributed by atoms with Crippen molar-refractivity contribution in [1.29, 1.82) is 0 Å². The number of aromatic nitrogens is 1. The molecule has 3 N–H and O–H groups in total. The number of nitrogens with one attached hydrogen (secondary N) is 3. The first-order valence-electron chi connectivity index (χ1n) is 7.75. The molecule has 0 bridgehead atoms. The molecule has 0 radical (unpaired) electrons. The summed E-state index contributed by atoms with van der Waals surface area (Å²) in [5.41, 5.74) is 3.80. The minimum Gasteiger partial charge on any atom is -0.361 e. The predicted octanol–water partition coefficient (Wildman–Crippen LogP) is 4.94. The Balaban J connectivity index is 0.000000847. The smallest absolute Gasteiger partial charge is 0.323 e. The molecule has 1 aromatic heterocycles. The summed E-state index contributed by atoms with van der Waals surface area (Å²) < 4.78 is 0. The Bertz CT molecular complexity index is 710. The summed E-state index contributed by atoms with van der Waals surface area (Å²) in [5.74, 6) is 0. The highest BCUT2D eigenvalue weighted by atomic mass is 16.2. The Labute approximate surface area is 131 Å². The first-order chi connectivity index (χ1) is 10.7. The van der Waals surface area contributed by atoms with Gasteiger partial charge in [0.2, 0.25) is 0 Å². The maximum Gasteiger partial charge on any atom is 0.323 e. The van der Waals surface area contributed by atoms with Crippen molar-refractivity contribution in [3.05, 3.63) is 53.9 Å². The van der Waals surface area contributed by atoms with E-state index in [2.05, 4.69) is 27.8 Å². The van der Waals surface area contributed by atoms with Crippen molar-refractivity contribution in [1.82, 2.24) is 10.3 Å². The van der Waals surface area contributed by atoms with Crippen LogP contribution in [0.5, 0.6) is 0 Å². The van der Waals surface area contributed by atoms with Crippen LogP contribution in [0.15, 0.2) is 53.9 Å². The van der Waals surface area contributed by atoms with Crippen molar-refractivity contribution in [2.45, 2.75) is 33.6 Å². The highest BCUT2D eigenvalue weighted by Gasteiger charge is 2.09. The largest absolute Gasteiger partial charge is 0.361 e. The van der Waals surface area contributed by atoms with E-state index in [1.807, 2.05) is 51.2 Å². The molecule has 2 amide bonds. The summed E-state index contributed by atoms with van der Waals surface area (Å²) in [5, 5.41) is 6.87. The van der Waals surface area contributed by atoms with Crippen molar-refractivity contribution in [3.8, 4) is 0 Å². The molecule has 0 fully saturated rings. The number of anilines is 1. The molecule has 2 aromatic rings. The number of H-pyrrole nitrogens is 1. The zero-order chi connectivity index (χ0) is 15.9. The highest BCUT2D eigenvalue weighted by molar-refractivity contribution is 5.93. The maximum atomic E-state index is 12.0. The second-order valence-electron chi connectivity index (χ2n) is 4.94. The van der Waals surface area contributed by atoms with Crippen molar-refractivity contribution in [2.75, 3.05) is 5.32 Å². The summed E-state index contributed by atoms with van der Waals surface area (Å²) in [7, 11) is 0. The number of urea groups is 1. The Morgan fingerprint density at radius 1 is 1.09 bits per heavy atom. The van der Waals surface area contributed by atoms with Gasteiger partial charge in [0.15, 0.2) is 0 Å². The molecule has 0 saturated carbocycles. The molecule has 0 saturated heterocycles. The number of rotatable bonds is 2. The second-order valence-corrected chi connectivity index (χ2v) is 4.94. The van der Waals surface area contributed by atoms with Crippen LogP contribution in [0.25, 0.3) is 10.9 Å². The summed E-state index contributed by atoms with van der Waals surface area (Å²) in [6.07, 6.45) is 8.10. The molecule has 0 unspecified atom stereocenters. The zero-order valence-corrected chi connectivity index (χ0v) is 13.4. The third kappa shape index (κ3) is 3.79. The van der Waals surface area contributed by atoms with E-state index in [0.717, 1.165) is 40.7 Å². The molecule has 4 heteroatoms. The number of aromatic amines is 1. The SMILES string of the molecule is CC.CC1=CCCC=C1NC(=O)Nc1ccc2cc[nH]c2c1. The van der Waals surface area contributed by atoms with Gasteiger partial charge in [-0.2, -0.15) is 0 Å². The van der Waals surface area contributed by atoms with E-state index >= 15 is 0 Å². The minimum atomic E-state index is -0.211. The van der Waals surface area contributed by atoms with Crippen molar-refractivity contribution < 1.29 is 4.79 Å². The molecule has 3 rings (SSSR count). The van der Waals surface area contributed by atoms with Gasteiger partial charge in [-0.25, -0.2) is 4.79 Å². The van der Waals surface area contributed by atoms with Crippen LogP contribution in [0.1, 0.15) is 33.6 Å². The molecule has 0 spiro atoms. The van der Waals surface area contributed by atoms with Crippen LogP contribution in [-0.2, 0) is 0 Å². The summed E-state index contributed by atoms with van der Waals surface area (Å²) in [4.78, 5) is 15.1. The lowest BCUT2D eigenvalue weighted by Crippen LogP contribution is -2.29. The molecule has 4 nitrogen and oxygen atoms in total. The van der Waals surface area contributed by atoms with Crippen LogP contribution >= 0.6 is 0 Å². The topological polar surface area (TPSA) is 56.9 Å².